The van der Waals surface area contributed by atoms with Crippen LogP contribution in [0.4, 0.5) is 0 Å². The molecule has 1 rings (SSSR count). The molecular formula is C12H18OS2. The Bertz CT molecular complexity index is 289. The molecule has 1 aromatic rings. The zero-order valence-corrected chi connectivity index (χ0v) is 10.9. The standard InChI is InChI=1S/C12H18OS2/c1-3-10(2)14-15-12-7-5-4-6-11(12)8-9-13/h4-7,10,13H,3,8-9H2,1-2H3. The Hall–Kier alpha value is -0.120. The van der Waals surface area contributed by atoms with E-state index in [0.717, 1.165) is 6.42 Å². The molecule has 0 aliphatic carbocycles. The van der Waals surface area contributed by atoms with Gasteiger partial charge in [0.2, 0.25) is 0 Å². The first kappa shape index (κ1) is 12.9. The van der Waals surface area contributed by atoms with Gasteiger partial charge in [-0.25, -0.2) is 0 Å². The maximum atomic E-state index is 8.95. The molecular weight excluding hydrogens is 224 g/mol. The van der Waals surface area contributed by atoms with Crippen molar-refractivity contribution in [3.63, 3.8) is 0 Å². The second kappa shape index (κ2) is 7.20. The van der Waals surface area contributed by atoms with Crippen molar-refractivity contribution < 1.29 is 5.11 Å². The van der Waals surface area contributed by atoms with Crippen LogP contribution in [0.5, 0.6) is 0 Å². The molecule has 1 N–H and O–H groups in total. The fraction of sp³-hybridized carbons (Fsp3) is 0.500. The van der Waals surface area contributed by atoms with Crippen LogP contribution in [-0.2, 0) is 6.42 Å². The van der Waals surface area contributed by atoms with E-state index in [1.165, 1.54) is 16.9 Å². The maximum absolute atomic E-state index is 8.95. The third-order valence-electron chi connectivity index (χ3n) is 2.23. The van der Waals surface area contributed by atoms with Gasteiger partial charge < -0.3 is 5.11 Å². The van der Waals surface area contributed by atoms with Crippen molar-refractivity contribution in [2.75, 3.05) is 6.61 Å². The molecule has 0 radical (unpaired) electrons. The van der Waals surface area contributed by atoms with E-state index in [9.17, 15) is 0 Å². The van der Waals surface area contributed by atoms with Crippen LogP contribution in [0.1, 0.15) is 25.8 Å². The summed E-state index contributed by atoms with van der Waals surface area (Å²) < 4.78 is 0. The summed E-state index contributed by atoms with van der Waals surface area (Å²) in [5, 5.41) is 9.63. The molecule has 0 saturated heterocycles. The van der Waals surface area contributed by atoms with Gasteiger partial charge in [0.15, 0.2) is 0 Å². The Labute approximate surface area is 100 Å². The van der Waals surface area contributed by atoms with Gasteiger partial charge in [-0.1, -0.05) is 53.6 Å². The number of rotatable bonds is 6. The van der Waals surface area contributed by atoms with Crippen LogP contribution in [-0.4, -0.2) is 17.0 Å². The number of aliphatic hydroxyl groups is 1. The molecule has 3 heteroatoms. The SMILES string of the molecule is CCC(C)SSc1ccccc1CCO. The summed E-state index contributed by atoms with van der Waals surface area (Å²) >= 11 is 0. The summed E-state index contributed by atoms with van der Waals surface area (Å²) in [5.41, 5.74) is 1.25. The van der Waals surface area contributed by atoms with Crippen LogP contribution in [0.3, 0.4) is 0 Å². The quantitative estimate of drug-likeness (QED) is 0.767. The molecule has 0 amide bonds. The van der Waals surface area contributed by atoms with Crippen LogP contribution < -0.4 is 0 Å². The van der Waals surface area contributed by atoms with Gasteiger partial charge in [-0.3, -0.25) is 0 Å². The largest absolute Gasteiger partial charge is 0.396 e. The molecule has 0 bridgehead atoms. The smallest absolute Gasteiger partial charge is 0.0471 e. The number of aliphatic hydroxyl groups excluding tert-OH is 1. The lowest BCUT2D eigenvalue weighted by Gasteiger charge is -2.10. The molecule has 1 aromatic carbocycles. The summed E-state index contributed by atoms with van der Waals surface area (Å²) in [4.78, 5) is 1.29. The van der Waals surface area contributed by atoms with Gasteiger partial charge in [-0.15, -0.1) is 0 Å². The van der Waals surface area contributed by atoms with Crippen LogP contribution >= 0.6 is 21.6 Å². The van der Waals surface area contributed by atoms with E-state index in [-0.39, 0.29) is 6.61 Å². The molecule has 1 atom stereocenters. The molecule has 0 aromatic heterocycles. The fourth-order valence-corrected chi connectivity index (χ4v) is 3.63. The van der Waals surface area contributed by atoms with Gasteiger partial charge in [0.25, 0.3) is 0 Å². The highest BCUT2D eigenvalue weighted by atomic mass is 33.1. The highest BCUT2D eigenvalue weighted by molar-refractivity contribution is 8.76. The van der Waals surface area contributed by atoms with Gasteiger partial charge in [0.05, 0.1) is 0 Å². The third-order valence-corrected chi connectivity index (χ3v) is 5.38. The average Bonchev–Trinajstić information content (AvgIpc) is 2.28. The van der Waals surface area contributed by atoms with Crippen molar-refractivity contribution in [2.24, 2.45) is 0 Å². The summed E-state index contributed by atoms with van der Waals surface area (Å²) in [7, 11) is 3.73. The van der Waals surface area contributed by atoms with Gasteiger partial charge >= 0.3 is 0 Å². The first-order valence-corrected chi connectivity index (χ1v) is 7.51. The molecule has 1 nitrogen and oxygen atoms in total. The predicted octanol–water partition coefficient (Wildman–Crippen LogP) is 3.76. The van der Waals surface area contributed by atoms with Gasteiger partial charge in [-0.2, -0.15) is 0 Å². The van der Waals surface area contributed by atoms with E-state index in [4.69, 9.17) is 5.11 Å². The zero-order valence-electron chi connectivity index (χ0n) is 9.27. The molecule has 0 saturated carbocycles. The van der Waals surface area contributed by atoms with E-state index < -0.39 is 0 Å². The van der Waals surface area contributed by atoms with E-state index in [0.29, 0.717) is 5.25 Å². The average molecular weight is 242 g/mol. The van der Waals surface area contributed by atoms with Crippen molar-refractivity contribution >= 4 is 21.6 Å². The molecule has 0 aliphatic heterocycles. The van der Waals surface area contributed by atoms with E-state index in [2.05, 4.69) is 32.0 Å². The summed E-state index contributed by atoms with van der Waals surface area (Å²) in [6, 6.07) is 8.31. The highest BCUT2D eigenvalue weighted by Gasteiger charge is 2.05. The van der Waals surface area contributed by atoms with Crippen LogP contribution in [0, 0.1) is 0 Å². The number of benzene rings is 1. The van der Waals surface area contributed by atoms with Gasteiger partial charge in [0, 0.05) is 16.8 Å². The highest BCUT2D eigenvalue weighted by Crippen LogP contribution is 2.37. The molecule has 15 heavy (non-hydrogen) atoms. The Morgan fingerprint density at radius 1 is 1.33 bits per heavy atom. The number of hydrogen-bond acceptors (Lipinski definition) is 3. The number of hydrogen-bond donors (Lipinski definition) is 1. The van der Waals surface area contributed by atoms with Crippen LogP contribution in [0.25, 0.3) is 0 Å². The summed E-state index contributed by atoms with van der Waals surface area (Å²) in [5.74, 6) is 0. The molecule has 0 spiro atoms. The lowest BCUT2D eigenvalue weighted by atomic mass is 10.2. The van der Waals surface area contributed by atoms with Crippen molar-refractivity contribution in [1.29, 1.82) is 0 Å². The molecule has 1 unspecified atom stereocenters. The molecule has 0 heterocycles. The molecule has 84 valence electrons. The predicted molar refractivity (Wildman–Crippen MR) is 70.4 cm³/mol. The van der Waals surface area contributed by atoms with E-state index in [1.54, 1.807) is 0 Å². The third kappa shape index (κ3) is 4.49. The Morgan fingerprint density at radius 2 is 2.07 bits per heavy atom. The second-order valence-corrected chi connectivity index (χ2v) is 6.16. The fourth-order valence-electron chi connectivity index (χ4n) is 1.11. The van der Waals surface area contributed by atoms with Crippen LogP contribution in [0.15, 0.2) is 29.2 Å². The second-order valence-electron chi connectivity index (χ2n) is 3.48. The molecule has 0 aliphatic rings. The maximum Gasteiger partial charge on any atom is 0.0471 e. The summed E-state index contributed by atoms with van der Waals surface area (Å²) in [6.07, 6.45) is 1.95. The zero-order chi connectivity index (χ0) is 11.1. The first-order valence-electron chi connectivity index (χ1n) is 5.30. The van der Waals surface area contributed by atoms with Gasteiger partial charge in [0.1, 0.15) is 0 Å². The first-order chi connectivity index (χ1) is 7.27. The Balaban J connectivity index is 2.58. The normalized spacial score (nSPS) is 12.7. The van der Waals surface area contributed by atoms with Crippen molar-refractivity contribution in [3.05, 3.63) is 29.8 Å². The minimum absolute atomic E-state index is 0.228. The lowest BCUT2D eigenvalue weighted by molar-refractivity contribution is 0.299. The van der Waals surface area contributed by atoms with E-state index in [1.807, 2.05) is 27.7 Å². The minimum atomic E-state index is 0.228. The summed E-state index contributed by atoms with van der Waals surface area (Å²) in [6.45, 7) is 4.68. The van der Waals surface area contributed by atoms with Crippen molar-refractivity contribution in [3.8, 4) is 0 Å². The lowest BCUT2D eigenvalue weighted by Crippen LogP contribution is -1.93. The van der Waals surface area contributed by atoms with E-state index >= 15 is 0 Å². The van der Waals surface area contributed by atoms with Crippen LogP contribution in [0.2, 0.25) is 0 Å². The van der Waals surface area contributed by atoms with Crippen molar-refractivity contribution in [2.45, 2.75) is 36.8 Å². The topological polar surface area (TPSA) is 20.2 Å². The Morgan fingerprint density at radius 3 is 2.73 bits per heavy atom. The monoisotopic (exact) mass is 242 g/mol. The van der Waals surface area contributed by atoms with Gasteiger partial charge in [-0.05, 0) is 24.5 Å². The Kier molecular flexibility index (Phi) is 6.22. The minimum Gasteiger partial charge on any atom is -0.396 e. The molecule has 0 fully saturated rings. The van der Waals surface area contributed by atoms with Crippen molar-refractivity contribution in [1.82, 2.24) is 0 Å².